The molecule has 0 radical (unpaired) electrons. The highest BCUT2D eigenvalue weighted by atomic mass is 35.5. The Balaban J connectivity index is 1.76. The van der Waals surface area contributed by atoms with Crippen LogP contribution in [0.4, 0.5) is 0 Å². The first-order valence-corrected chi connectivity index (χ1v) is 11.4. The molecule has 3 aromatic heterocycles. The van der Waals surface area contributed by atoms with Gasteiger partial charge in [-0.2, -0.15) is 0 Å². The smallest absolute Gasteiger partial charge is 0.167 e. The fourth-order valence-electron chi connectivity index (χ4n) is 3.49. The zero-order valence-electron chi connectivity index (χ0n) is 16.5. The van der Waals surface area contributed by atoms with Crippen molar-refractivity contribution in [1.29, 1.82) is 0 Å². The molecule has 1 atom stereocenters. The van der Waals surface area contributed by atoms with Crippen LogP contribution in [0, 0.1) is 25.7 Å². The molecule has 0 amide bonds. The molecule has 1 aliphatic heterocycles. The summed E-state index contributed by atoms with van der Waals surface area (Å²) in [5.74, 6) is 8.16. The molecule has 0 fully saturated rings. The van der Waals surface area contributed by atoms with Crippen molar-refractivity contribution in [3.63, 3.8) is 0 Å². The summed E-state index contributed by atoms with van der Waals surface area (Å²) in [5.41, 5.74) is 4.11. The van der Waals surface area contributed by atoms with E-state index in [1.54, 1.807) is 17.5 Å². The molecule has 0 saturated heterocycles. The molecule has 148 valence electrons. The SMILES string of the molecule is Cc1c(C#Cc2nccs2)sc2c1C(c1ccc(Cl)cc1)=N[C@@H](C)c1nnc(C)n1-2. The molecule has 0 N–H and O–H groups in total. The summed E-state index contributed by atoms with van der Waals surface area (Å²) in [5, 5.41) is 13.2. The van der Waals surface area contributed by atoms with E-state index in [-0.39, 0.29) is 6.04 Å². The number of thiophene rings is 1. The molecule has 0 saturated carbocycles. The Morgan fingerprint density at radius 3 is 2.63 bits per heavy atom. The third-order valence-electron chi connectivity index (χ3n) is 4.95. The van der Waals surface area contributed by atoms with E-state index in [0.717, 1.165) is 48.9 Å². The van der Waals surface area contributed by atoms with Crippen LogP contribution >= 0.6 is 34.3 Å². The van der Waals surface area contributed by atoms with Crippen LogP contribution in [0.15, 0.2) is 40.8 Å². The zero-order chi connectivity index (χ0) is 20.8. The van der Waals surface area contributed by atoms with E-state index in [2.05, 4.69) is 38.5 Å². The van der Waals surface area contributed by atoms with Crippen LogP contribution in [-0.4, -0.2) is 25.5 Å². The molecule has 5 nitrogen and oxygen atoms in total. The highest BCUT2D eigenvalue weighted by Crippen LogP contribution is 2.38. The van der Waals surface area contributed by atoms with Gasteiger partial charge >= 0.3 is 0 Å². The van der Waals surface area contributed by atoms with Gasteiger partial charge in [-0.25, -0.2) is 4.98 Å². The van der Waals surface area contributed by atoms with Gasteiger partial charge in [0.1, 0.15) is 16.9 Å². The van der Waals surface area contributed by atoms with Crippen molar-refractivity contribution in [1.82, 2.24) is 19.7 Å². The van der Waals surface area contributed by atoms with Gasteiger partial charge in [-0.15, -0.1) is 32.9 Å². The molecule has 30 heavy (non-hydrogen) atoms. The third kappa shape index (κ3) is 3.18. The van der Waals surface area contributed by atoms with Crippen LogP contribution in [0.2, 0.25) is 5.02 Å². The van der Waals surface area contributed by atoms with Crippen molar-refractivity contribution < 1.29 is 0 Å². The van der Waals surface area contributed by atoms with Crippen LogP contribution in [0.25, 0.3) is 5.00 Å². The van der Waals surface area contributed by atoms with Crippen molar-refractivity contribution in [2.75, 3.05) is 0 Å². The van der Waals surface area contributed by atoms with Gasteiger partial charge in [-0.1, -0.05) is 23.7 Å². The van der Waals surface area contributed by atoms with Gasteiger partial charge in [0, 0.05) is 27.7 Å². The average molecular weight is 450 g/mol. The van der Waals surface area contributed by atoms with Crippen LogP contribution in [0.1, 0.15) is 51.2 Å². The summed E-state index contributed by atoms with van der Waals surface area (Å²) in [4.78, 5) is 10.3. The van der Waals surface area contributed by atoms with Gasteiger partial charge in [0.05, 0.1) is 10.6 Å². The Morgan fingerprint density at radius 1 is 1.10 bits per heavy atom. The number of hydrogen-bond acceptors (Lipinski definition) is 6. The predicted molar refractivity (Wildman–Crippen MR) is 122 cm³/mol. The molecule has 8 heteroatoms. The fraction of sp³-hybridized carbons (Fsp3) is 0.182. The zero-order valence-corrected chi connectivity index (χ0v) is 18.9. The number of halogens is 1. The summed E-state index contributed by atoms with van der Waals surface area (Å²) >= 11 is 9.31. The first kappa shape index (κ1) is 19.2. The normalized spacial score (nSPS) is 14.9. The minimum Gasteiger partial charge on any atom is -0.273 e. The Bertz CT molecular complexity index is 1330. The maximum Gasteiger partial charge on any atom is 0.167 e. The second-order valence-corrected chi connectivity index (χ2v) is 9.26. The van der Waals surface area contributed by atoms with E-state index in [0.29, 0.717) is 5.02 Å². The number of hydrogen-bond donors (Lipinski definition) is 0. The van der Waals surface area contributed by atoms with E-state index >= 15 is 0 Å². The number of rotatable bonds is 1. The Morgan fingerprint density at radius 2 is 1.90 bits per heavy atom. The molecule has 0 spiro atoms. The van der Waals surface area contributed by atoms with E-state index in [4.69, 9.17) is 16.6 Å². The molecule has 1 aromatic carbocycles. The molecule has 0 aliphatic carbocycles. The second-order valence-electron chi connectivity index (χ2n) is 6.92. The quantitative estimate of drug-likeness (QED) is 0.367. The lowest BCUT2D eigenvalue weighted by Gasteiger charge is -2.09. The monoisotopic (exact) mass is 449 g/mol. The van der Waals surface area contributed by atoms with Gasteiger partial charge in [0.25, 0.3) is 0 Å². The van der Waals surface area contributed by atoms with E-state index in [1.807, 2.05) is 43.5 Å². The number of fused-ring (bicyclic) bond motifs is 3. The van der Waals surface area contributed by atoms with E-state index in [1.165, 1.54) is 11.3 Å². The number of benzene rings is 1. The topological polar surface area (TPSA) is 56.0 Å². The van der Waals surface area contributed by atoms with Crippen molar-refractivity contribution >= 4 is 40.0 Å². The minimum atomic E-state index is -0.124. The predicted octanol–water partition coefficient (Wildman–Crippen LogP) is 5.37. The molecule has 0 unspecified atom stereocenters. The van der Waals surface area contributed by atoms with Gasteiger partial charge in [0.15, 0.2) is 10.8 Å². The fourth-order valence-corrected chi connectivity index (χ4v) is 5.32. The van der Waals surface area contributed by atoms with Crippen molar-refractivity contribution in [2.45, 2.75) is 26.8 Å². The number of aryl methyl sites for hydroxylation is 1. The average Bonchev–Trinajstić information content (AvgIpc) is 3.43. The lowest BCUT2D eigenvalue weighted by atomic mass is 9.99. The van der Waals surface area contributed by atoms with Crippen LogP contribution < -0.4 is 0 Å². The number of aromatic nitrogens is 4. The van der Waals surface area contributed by atoms with Crippen molar-refractivity contribution in [3.8, 4) is 16.8 Å². The van der Waals surface area contributed by atoms with Crippen LogP contribution in [0.3, 0.4) is 0 Å². The van der Waals surface area contributed by atoms with Gasteiger partial charge in [-0.3, -0.25) is 9.56 Å². The van der Waals surface area contributed by atoms with Gasteiger partial charge in [-0.05, 0) is 50.3 Å². The molecule has 4 heterocycles. The molecule has 4 aromatic rings. The third-order valence-corrected chi connectivity index (χ3v) is 7.08. The minimum absolute atomic E-state index is 0.124. The van der Waals surface area contributed by atoms with Crippen LogP contribution in [0.5, 0.6) is 0 Å². The Kier molecular flexibility index (Phi) is 4.78. The first-order chi connectivity index (χ1) is 14.5. The van der Waals surface area contributed by atoms with Crippen molar-refractivity contribution in [3.05, 3.63) is 79.1 Å². The standard InChI is InChI=1S/C22H16ClN5S2/c1-12-17(8-9-18-24-10-11-29-18)30-22-19(12)20(15-4-6-16(23)7-5-15)25-13(2)21-27-26-14(3)28(21)22/h4-7,10-11,13H,1-3H3/t13-/m0/s1. The van der Waals surface area contributed by atoms with E-state index in [9.17, 15) is 0 Å². The van der Waals surface area contributed by atoms with Gasteiger partial charge < -0.3 is 0 Å². The Hall–Kier alpha value is -2.79. The second kappa shape index (κ2) is 7.47. The summed E-state index contributed by atoms with van der Waals surface area (Å²) < 4.78 is 2.11. The summed E-state index contributed by atoms with van der Waals surface area (Å²) in [6, 6.07) is 7.68. The maximum absolute atomic E-state index is 6.13. The summed E-state index contributed by atoms with van der Waals surface area (Å²) in [6.45, 7) is 6.11. The van der Waals surface area contributed by atoms with E-state index < -0.39 is 0 Å². The highest BCUT2D eigenvalue weighted by molar-refractivity contribution is 7.15. The molecular formula is C22H16ClN5S2. The highest BCUT2D eigenvalue weighted by Gasteiger charge is 2.29. The summed E-state index contributed by atoms with van der Waals surface area (Å²) in [6.07, 6.45) is 1.77. The van der Waals surface area contributed by atoms with Crippen molar-refractivity contribution in [2.24, 2.45) is 4.99 Å². The lowest BCUT2D eigenvalue weighted by Crippen LogP contribution is -2.07. The molecule has 0 bridgehead atoms. The Labute approximate surface area is 187 Å². The molecule has 5 rings (SSSR count). The maximum atomic E-state index is 6.13. The number of nitrogens with zero attached hydrogens (tertiary/aromatic N) is 5. The molecule has 1 aliphatic rings. The summed E-state index contributed by atoms with van der Waals surface area (Å²) in [7, 11) is 0. The first-order valence-electron chi connectivity index (χ1n) is 9.34. The lowest BCUT2D eigenvalue weighted by molar-refractivity contribution is 0.724. The largest absolute Gasteiger partial charge is 0.273 e. The number of thiazole rings is 1. The number of aliphatic imine (C=N–C) groups is 1. The van der Waals surface area contributed by atoms with Gasteiger partial charge in [0.2, 0.25) is 0 Å². The van der Waals surface area contributed by atoms with Crippen LogP contribution in [-0.2, 0) is 0 Å². The molecular weight excluding hydrogens is 434 g/mol.